The zero-order valence-electron chi connectivity index (χ0n) is 13.6. The van der Waals surface area contributed by atoms with Crippen LogP contribution in [0.2, 0.25) is 0 Å². The summed E-state index contributed by atoms with van der Waals surface area (Å²) in [4.78, 5) is 2.77. The standard InChI is InChI=1S/C19H30N2/c1-15(2)20-13-17-7-3-4-8-18(17)14-21-12-6-10-16-9-5-11-19(16)21/h3-4,7-8,15-16,19-20H,5-6,9-14H2,1-2H3. The Labute approximate surface area is 129 Å². The Balaban J connectivity index is 1.69. The van der Waals surface area contributed by atoms with Gasteiger partial charge < -0.3 is 5.32 Å². The average Bonchev–Trinajstić information content (AvgIpc) is 2.96. The van der Waals surface area contributed by atoms with Crippen LogP contribution in [-0.4, -0.2) is 23.5 Å². The minimum absolute atomic E-state index is 0.548. The largest absolute Gasteiger partial charge is 0.310 e. The van der Waals surface area contributed by atoms with Gasteiger partial charge in [-0.05, 0) is 49.3 Å². The molecular formula is C19H30N2. The fourth-order valence-corrected chi connectivity index (χ4v) is 4.17. The predicted molar refractivity (Wildman–Crippen MR) is 89.2 cm³/mol. The van der Waals surface area contributed by atoms with Crippen molar-refractivity contribution in [2.75, 3.05) is 6.54 Å². The highest BCUT2D eigenvalue weighted by molar-refractivity contribution is 5.27. The average molecular weight is 286 g/mol. The van der Waals surface area contributed by atoms with Crippen LogP contribution in [0.15, 0.2) is 24.3 Å². The molecule has 2 fully saturated rings. The van der Waals surface area contributed by atoms with E-state index in [4.69, 9.17) is 0 Å². The van der Waals surface area contributed by atoms with Gasteiger partial charge in [0.25, 0.3) is 0 Å². The molecule has 0 radical (unpaired) electrons. The zero-order chi connectivity index (χ0) is 14.7. The Morgan fingerprint density at radius 2 is 1.86 bits per heavy atom. The smallest absolute Gasteiger partial charge is 0.0240 e. The summed E-state index contributed by atoms with van der Waals surface area (Å²) in [6, 6.07) is 10.4. The monoisotopic (exact) mass is 286 g/mol. The van der Waals surface area contributed by atoms with E-state index in [1.807, 2.05) is 0 Å². The molecule has 2 unspecified atom stereocenters. The van der Waals surface area contributed by atoms with Crippen LogP contribution in [0.25, 0.3) is 0 Å². The molecule has 1 saturated carbocycles. The molecule has 1 N–H and O–H groups in total. The van der Waals surface area contributed by atoms with Crippen LogP contribution in [0.1, 0.15) is 57.1 Å². The summed E-state index contributed by atoms with van der Waals surface area (Å²) < 4.78 is 0. The second-order valence-electron chi connectivity index (χ2n) is 7.18. The molecule has 1 aromatic rings. The molecule has 21 heavy (non-hydrogen) atoms. The molecule has 3 rings (SSSR count). The first-order valence-corrected chi connectivity index (χ1v) is 8.78. The first-order valence-electron chi connectivity index (χ1n) is 8.78. The van der Waals surface area contributed by atoms with Gasteiger partial charge in [0, 0.05) is 25.2 Å². The van der Waals surface area contributed by atoms with Gasteiger partial charge in [-0.1, -0.05) is 44.5 Å². The SMILES string of the molecule is CC(C)NCc1ccccc1CN1CCCC2CCCC21. The summed E-state index contributed by atoms with van der Waals surface area (Å²) in [5.74, 6) is 0.986. The van der Waals surface area contributed by atoms with Gasteiger partial charge in [0.05, 0.1) is 0 Å². The molecule has 0 aromatic heterocycles. The zero-order valence-corrected chi connectivity index (χ0v) is 13.6. The molecule has 2 atom stereocenters. The lowest BCUT2D eigenvalue weighted by Crippen LogP contribution is -2.42. The fourth-order valence-electron chi connectivity index (χ4n) is 4.17. The Morgan fingerprint density at radius 3 is 2.67 bits per heavy atom. The summed E-state index contributed by atoms with van der Waals surface area (Å²) in [6.07, 6.45) is 7.21. The van der Waals surface area contributed by atoms with Gasteiger partial charge in [0.15, 0.2) is 0 Å². The van der Waals surface area contributed by atoms with Crippen molar-refractivity contribution in [3.63, 3.8) is 0 Å². The van der Waals surface area contributed by atoms with Gasteiger partial charge in [-0.15, -0.1) is 0 Å². The topological polar surface area (TPSA) is 15.3 Å². The number of hydrogen-bond acceptors (Lipinski definition) is 2. The van der Waals surface area contributed by atoms with Crippen molar-refractivity contribution in [3.8, 4) is 0 Å². The van der Waals surface area contributed by atoms with Crippen LogP contribution in [0, 0.1) is 5.92 Å². The second-order valence-corrected chi connectivity index (χ2v) is 7.18. The Bertz CT molecular complexity index is 455. The summed E-state index contributed by atoms with van der Waals surface area (Å²) in [6.45, 7) is 7.88. The number of benzene rings is 1. The van der Waals surface area contributed by atoms with Crippen LogP contribution >= 0.6 is 0 Å². The number of hydrogen-bond donors (Lipinski definition) is 1. The number of rotatable bonds is 5. The number of nitrogens with zero attached hydrogens (tertiary/aromatic N) is 1. The lowest BCUT2D eigenvalue weighted by molar-refractivity contribution is 0.105. The highest BCUT2D eigenvalue weighted by atomic mass is 15.2. The highest BCUT2D eigenvalue weighted by Gasteiger charge is 2.34. The van der Waals surface area contributed by atoms with Crippen molar-refractivity contribution in [1.82, 2.24) is 10.2 Å². The van der Waals surface area contributed by atoms with Crippen LogP contribution in [0.5, 0.6) is 0 Å². The van der Waals surface area contributed by atoms with Crippen LogP contribution in [-0.2, 0) is 13.1 Å². The van der Waals surface area contributed by atoms with Crippen LogP contribution in [0.3, 0.4) is 0 Å². The van der Waals surface area contributed by atoms with Crippen molar-refractivity contribution in [3.05, 3.63) is 35.4 Å². The van der Waals surface area contributed by atoms with Gasteiger partial charge in [0.2, 0.25) is 0 Å². The molecule has 0 bridgehead atoms. The maximum atomic E-state index is 3.57. The molecule has 2 heteroatoms. The third-order valence-corrected chi connectivity index (χ3v) is 5.30. The molecule has 0 spiro atoms. The lowest BCUT2D eigenvalue weighted by Gasteiger charge is -2.38. The quantitative estimate of drug-likeness (QED) is 0.881. The summed E-state index contributed by atoms with van der Waals surface area (Å²) in [7, 11) is 0. The van der Waals surface area contributed by atoms with E-state index in [0.717, 1.165) is 25.0 Å². The maximum Gasteiger partial charge on any atom is 0.0240 e. The number of nitrogens with one attached hydrogen (secondary N) is 1. The Kier molecular flexibility index (Phi) is 4.97. The van der Waals surface area contributed by atoms with Crippen molar-refractivity contribution in [2.45, 2.75) is 71.1 Å². The minimum atomic E-state index is 0.548. The molecule has 1 aliphatic carbocycles. The van der Waals surface area contributed by atoms with E-state index in [1.54, 1.807) is 0 Å². The van der Waals surface area contributed by atoms with Gasteiger partial charge in [-0.25, -0.2) is 0 Å². The first kappa shape index (κ1) is 15.1. The summed E-state index contributed by atoms with van der Waals surface area (Å²) >= 11 is 0. The number of likely N-dealkylation sites (tertiary alicyclic amines) is 1. The number of fused-ring (bicyclic) bond motifs is 1. The first-order chi connectivity index (χ1) is 10.2. The van der Waals surface area contributed by atoms with Gasteiger partial charge in [-0.2, -0.15) is 0 Å². The number of piperidine rings is 1. The van der Waals surface area contributed by atoms with Crippen molar-refractivity contribution >= 4 is 0 Å². The van der Waals surface area contributed by atoms with E-state index >= 15 is 0 Å². The molecule has 0 amide bonds. The van der Waals surface area contributed by atoms with Crippen molar-refractivity contribution in [2.24, 2.45) is 5.92 Å². The molecule has 1 heterocycles. The Hall–Kier alpha value is -0.860. The van der Waals surface area contributed by atoms with Gasteiger partial charge in [-0.3, -0.25) is 4.90 Å². The molecule has 2 aliphatic rings. The third-order valence-electron chi connectivity index (χ3n) is 5.30. The maximum absolute atomic E-state index is 3.57. The minimum Gasteiger partial charge on any atom is -0.310 e. The van der Waals surface area contributed by atoms with E-state index in [-0.39, 0.29) is 0 Å². The predicted octanol–water partition coefficient (Wildman–Crippen LogP) is 3.95. The van der Waals surface area contributed by atoms with Crippen molar-refractivity contribution in [1.29, 1.82) is 0 Å². The van der Waals surface area contributed by atoms with E-state index in [0.29, 0.717) is 6.04 Å². The van der Waals surface area contributed by atoms with E-state index in [9.17, 15) is 0 Å². The molecule has 1 aliphatic heterocycles. The third kappa shape index (κ3) is 3.67. The fraction of sp³-hybridized carbons (Fsp3) is 0.684. The molecular weight excluding hydrogens is 256 g/mol. The van der Waals surface area contributed by atoms with E-state index in [2.05, 4.69) is 48.3 Å². The molecule has 1 saturated heterocycles. The van der Waals surface area contributed by atoms with Gasteiger partial charge >= 0.3 is 0 Å². The Morgan fingerprint density at radius 1 is 1.10 bits per heavy atom. The molecule has 1 aromatic carbocycles. The second kappa shape index (κ2) is 6.93. The van der Waals surface area contributed by atoms with Gasteiger partial charge in [0.1, 0.15) is 0 Å². The van der Waals surface area contributed by atoms with E-state index < -0.39 is 0 Å². The highest BCUT2D eigenvalue weighted by Crippen LogP contribution is 2.37. The molecule has 116 valence electrons. The van der Waals surface area contributed by atoms with Crippen LogP contribution < -0.4 is 5.32 Å². The van der Waals surface area contributed by atoms with E-state index in [1.165, 1.54) is 49.8 Å². The van der Waals surface area contributed by atoms with Crippen LogP contribution in [0.4, 0.5) is 0 Å². The van der Waals surface area contributed by atoms with Crippen molar-refractivity contribution < 1.29 is 0 Å². The lowest BCUT2D eigenvalue weighted by atomic mass is 9.91. The normalized spacial score (nSPS) is 26.2. The summed E-state index contributed by atoms with van der Waals surface area (Å²) in [5, 5.41) is 3.57. The summed E-state index contributed by atoms with van der Waals surface area (Å²) in [5.41, 5.74) is 3.00. The molecule has 2 nitrogen and oxygen atoms in total.